The van der Waals surface area contributed by atoms with Gasteiger partial charge in [-0.2, -0.15) is 0 Å². The Labute approximate surface area is 144 Å². The van der Waals surface area contributed by atoms with Gasteiger partial charge in [0.25, 0.3) is 0 Å². The first-order chi connectivity index (χ1) is 12.3. The van der Waals surface area contributed by atoms with Gasteiger partial charge in [0.05, 0.1) is 12.1 Å². The van der Waals surface area contributed by atoms with Crippen LogP contribution in [0.5, 0.6) is 0 Å². The third kappa shape index (κ3) is 3.23. The van der Waals surface area contributed by atoms with Crippen molar-refractivity contribution in [2.45, 2.75) is 6.42 Å². The lowest BCUT2D eigenvalue weighted by atomic mass is 10.0. The van der Waals surface area contributed by atoms with E-state index >= 15 is 0 Å². The molecule has 0 aliphatic carbocycles. The minimum atomic E-state index is -0.0495. The van der Waals surface area contributed by atoms with Crippen molar-refractivity contribution < 1.29 is 4.79 Å². The summed E-state index contributed by atoms with van der Waals surface area (Å²) >= 11 is 0. The summed E-state index contributed by atoms with van der Waals surface area (Å²) in [5, 5.41) is 16.2. The number of amides is 1. The van der Waals surface area contributed by atoms with Crippen molar-refractivity contribution in [1.82, 2.24) is 20.2 Å². The fourth-order valence-electron chi connectivity index (χ4n) is 2.80. The van der Waals surface area contributed by atoms with Crippen molar-refractivity contribution in [2.24, 2.45) is 0 Å². The number of rotatable bonds is 4. The molecule has 0 saturated heterocycles. The molecule has 4 aromatic rings. The molecule has 1 N–H and O–H groups in total. The highest BCUT2D eigenvalue weighted by atomic mass is 16.1. The normalized spacial score (nSPS) is 10.7. The first kappa shape index (κ1) is 15.0. The monoisotopic (exact) mass is 329 g/mol. The van der Waals surface area contributed by atoms with Gasteiger partial charge in [0.1, 0.15) is 6.33 Å². The largest absolute Gasteiger partial charge is 0.326 e. The maximum atomic E-state index is 12.4. The standard InChI is InChI=1S/C19H15N5O/c25-19(12-15-6-3-5-14-4-1-2-7-18(14)15)21-16-8-10-17(11-9-16)24-13-20-22-23-24/h1-11,13H,12H2,(H,21,25). The molecule has 1 amide bonds. The fraction of sp³-hybridized carbons (Fsp3) is 0.0526. The molecule has 0 spiro atoms. The van der Waals surface area contributed by atoms with Crippen LogP contribution < -0.4 is 5.32 Å². The summed E-state index contributed by atoms with van der Waals surface area (Å²) in [5.41, 5.74) is 2.58. The number of benzene rings is 3. The van der Waals surface area contributed by atoms with Crippen molar-refractivity contribution in [1.29, 1.82) is 0 Å². The zero-order chi connectivity index (χ0) is 17.1. The molecule has 0 radical (unpaired) electrons. The summed E-state index contributed by atoms with van der Waals surface area (Å²) in [4.78, 5) is 12.4. The van der Waals surface area contributed by atoms with Crippen molar-refractivity contribution in [3.05, 3.63) is 78.6 Å². The predicted octanol–water partition coefficient (Wildman–Crippen LogP) is 3.00. The molecule has 1 heterocycles. The minimum absolute atomic E-state index is 0.0495. The van der Waals surface area contributed by atoms with Crippen LogP contribution >= 0.6 is 0 Å². The molecule has 1 aromatic heterocycles. The van der Waals surface area contributed by atoms with Gasteiger partial charge >= 0.3 is 0 Å². The van der Waals surface area contributed by atoms with E-state index in [1.54, 1.807) is 4.68 Å². The molecule has 0 aliphatic heterocycles. The van der Waals surface area contributed by atoms with Crippen LogP contribution in [0, 0.1) is 0 Å². The van der Waals surface area contributed by atoms with E-state index in [4.69, 9.17) is 0 Å². The van der Waals surface area contributed by atoms with Crippen LogP contribution in [0.25, 0.3) is 16.5 Å². The smallest absolute Gasteiger partial charge is 0.228 e. The van der Waals surface area contributed by atoms with E-state index in [2.05, 4.69) is 33.0 Å². The zero-order valence-electron chi connectivity index (χ0n) is 13.3. The molecule has 0 bridgehead atoms. The summed E-state index contributed by atoms with van der Waals surface area (Å²) < 4.78 is 1.56. The minimum Gasteiger partial charge on any atom is -0.326 e. The van der Waals surface area contributed by atoms with Crippen molar-refractivity contribution in [3.8, 4) is 5.69 Å². The van der Waals surface area contributed by atoms with Crippen LogP contribution in [0.1, 0.15) is 5.56 Å². The van der Waals surface area contributed by atoms with Crippen LogP contribution in [0.3, 0.4) is 0 Å². The molecule has 0 saturated carbocycles. The lowest BCUT2D eigenvalue weighted by Gasteiger charge is -2.08. The maximum absolute atomic E-state index is 12.4. The van der Waals surface area contributed by atoms with Gasteiger partial charge < -0.3 is 5.32 Å². The second-order valence-electron chi connectivity index (χ2n) is 5.66. The highest BCUT2D eigenvalue weighted by Crippen LogP contribution is 2.19. The predicted molar refractivity (Wildman–Crippen MR) is 95.4 cm³/mol. The summed E-state index contributed by atoms with van der Waals surface area (Å²) in [5.74, 6) is -0.0495. The summed E-state index contributed by atoms with van der Waals surface area (Å²) in [6.45, 7) is 0. The van der Waals surface area contributed by atoms with Crippen molar-refractivity contribution in [3.63, 3.8) is 0 Å². The Morgan fingerprint density at radius 3 is 2.56 bits per heavy atom. The van der Waals surface area contributed by atoms with Gasteiger partial charge in [-0.1, -0.05) is 42.5 Å². The van der Waals surface area contributed by atoms with E-state index in [1.807, 2.05) is 54.6 Å². The van der Waals surface area contributed by atoms with Gasteiger partial charge in [0, 0.05) is 5.69 Å². The highest BCUT2D eigenvalue weighted by Gasteiger charge is 2.07. The van der Waals surface area contributed by atoms with E-state index in [0.29, 0.717) is 6.42 Å². The van der Waals surface area contributed by atoms with Gasteiger partial charge in [-0.05, 0) is 51.0 Å². The number of carbonyl (C=O) groups excluding carboxylic acids is 1. The number of fused-ring (bicyclic) bond motifs is 1. The number of aromatic nitrogens is 4. The number of carbonyl (C=O) groups is 1. The second kappa shape index (κ2) is 6.52. The molecule has 3 aromatic carbocycles. The van der Waals surface area contributed by atoms with Gasteiger partial charge in [-0.25, -0.2) is 4.68 Å². The topological polar surface area (TPSA) is 72.7 Å². The zero-order valence-corrected chi connectivity index (χ0v) is 13.3. The highest BCUT2D eigenvalue weighted by molar-refractivity contribution is 5.96. The van der Waals surface area contributed by atoms with Crippen LogP contribution in [-0.2, 0) is 11.2 Å². The molecule has 6 heteroatoms. The van der Waals surface area contributed by atoms with Crippen LogP contribution in [0.2, 0.25) is 0 Å². The SMILES string of the molecule is O=C(Cc1cccc2ccccc12)Nc1ccc(-n2cnnn2)cc1. The number of nitrogens with zero attached hydrogens (tertiary/aromatic N) is 4. The molecule has 4 rings (SSSR count). The van der Waals surface area contributed by atoms with E-state index < -0.39 is 0 Å². The molecular formula is C19H15N5O. The maximum Gasteiger partial charge on any atom is 0.228 e. The first-order valence-corrected chi connectivity index (χ1v) is 7.89. The summed E-state index contributed by atoms with van der Waals surface area (Å²) in [6.07, 6.45) is 1.85. The van der Waals surface area contributed by atoms with Crippen LogP contribution in [-0.4, -0.2) is 26.1 Å². The lowest BCUT2D eigenvalue weighted by molar-refractivity contribution is -0.115. The molecule has 25 heavy (non-hydrogen) atoms. The third-order valence-electron chi connectivity index (χ3n) is 4.00. The van der Waals surface area contributed by atoms with E-state index in [1.165, 1.54) is 6.33 Å². The Kier molecular flexibility index (Phi) is 3.92. The van der Waals surface area contributed by atoms with Gasteiger partial charge in [0.15, 0.2) is 0 Å². The number of tetrazole rings is 1. The van der Waals surface area contributed by atoms with Gasteiger partial charge in [-0.3, -0.25) is 4.79 Å². The Hall–Kier alpha value is -3.54. The van der Waals surface area contributed by atoms with Crippen molar-refractivity contribution >= 4 is 22.4 Å². The molecule has 6 nitrogen and oxygen atoms in total. The van der Waals surface area contributed by atoms with Crippen LogP contribution in [0.15, 0.2) is 73.1 Å². The summed E-state index contributed by atoms with van der Waals surface area (Å²) in [7, 11) is 0. The molecule has 0 aliphatic rings. The van der Waals surface area contributed by atoms with Crippen molar-refractivity contribution in [2.75, 3.05) is 5.32 Å². The Morgan fingerprint density at radius 1 is 0.960 bits per heavy atom. The molecule has 0 unspecified atom stereocenters. The molecule has 122 valence electrons. The van der Waals surface area contributed by atoms with E-state index in [-0.39, 0.29) is 5.91 Å². The Morgan fingerprint density at radius 2 is 1.76 bits per heavy atom. The molecule has 0 fully saturated rings. The second-order valence-corrected chi connectivity index (χ2v) is 5.66. The van der Waals surface area contributed by atoms with E-state index in [9.17, 15) is 4.79 Å². The lowest BCUT2D eigenvalue weighted by Crippen LogP contribution is -2.14. The quantitative estimate of drug-likeness (QED) is 0.625. The number of hydrogen-bond acceptors (Lipinski definition) is 4. The number of nitrogens with one attached hydrogen (secondary N) is 1. The fourth-order valence-corrected chi connectivity index (χ4v) is 2.80. The van der Waals surface area contributed by atoms with Gasteiger partial charge in [0.2, 0.25) is 5.91 Å². The summed E-state index contributed by atoms with van der Waals surface area (Å²) in [6, 6.07) is 21.5. The Bertz CT molecular complexity index is 1000. The molecule has 0 atom stereocenters. The average Bonchev–Trinajstić information content (AvgIpc) is 3.17. The first-order valence-electron chi connectivity index (χ1n) is 7.89. The Balaban J connectivity index is 1.48. The van der Waals surface area contributed by atoms with E-state index in [0.717, 1.165) is 27.7 Å². The third-order valence-corrected chi connectivity index (χ3v) is 4.00. The number of hydrogen-bond donors (Lipinski definition) is 1. The van der Waals surface area contributed by atoms with Gasteiger partial charge in [-0.15, -0.1) is 5.10 Å². The average molecular weight is 329 g/mol. The number of anilines is 1. The van der Waals surface area contributed by atoms with Crippen LogP contribution in [0.4, 0.5) is 5.69 Å². The molecular weight excluding hydrogens is 314 g/mol.